The van der Waals surface area contributed by atoms with Crippen LogP contribution in [-0.4, -0.2) is 48.7 Å². The topological polar surface area (TPSA) is 36.9 Å². The maximum absolute atomic E-state index is 6.06. The minimum atomic E-state index is -0.0564. The summed E-state index contributed by atoms with van der Waals surface area (Å²) >= 11 is 3.35. The van der Waals surface area contributed by atoms with Crippen molar-refractivity contribution in [1.82, 2.24) is 10.2 Å². The minimum absolute atomic E-state index is 0. The Morgan fingerprint density at radius 3 is 2.38 bits per heavy atom. The van der Waals surface area contributed by atoms with Crippen molar-refractivity contribution >= 4 is 45.9 Å². The van der Waals surface area contributed by atoms with Gasteiger partial charge in [-0.15, -0.1) is 24.0 Å². The average molecular weight is 474 g/mol. The van der Waals surface area contributed by atoms with Crippen molar-refractivity contribution in [1.29, 1.82) is 0 Å². The van der Waals surface area contributed by atoms with E-state index in [-0.39, 0.29) is 29.6 Å². The molecule has 0 aromatic carbocycles. The average Bonchev–Trinajstić information content (AvgIpc) is 2.33. The maximum atomic E-state index is 6.06. The molecule has 0 saturated carbocycles. The Morgan fingerprint density at radius 1 is 1.38 bits per heavy atom. The van der Waals surface area contributed by atoms with Gasteiger partial charge in [0.15, 0.2) is 5.96 Å². The van der Waals surface area contributed by atoms with Crippen molar-refractivity contribution in [2.45, 2.75) is 52.2 Å². The molecule has 6 heteroatoms. The van der Waals surface area contributed by atoms with Gasteiger partial charge >= 0.3 is 0 Å². The normalized spacial score (nSPS) is 17.4. The number of piperidine rings is 1. The Hall–Kier alpha value is 0.180. The highest BCUT2D eigenvalue weighted by atomic mass is 127. The van der Waals surface area contributed by atoms with Crippen LogP contribution in [-0.2, 0) is 4.74 Å². The Balaban J connectivity index is 0.00000400. The Morgan fingerprint density at radius 2 is 1.95 bits per heavy atom. The summed E-state index contributed by atoms with van der Waals surface area (Å²) in [5.41, 5.74) is -0.0564. The molecule has 1 N–H and O–H groups in total. The maximum Gasteiger partial charge on any atom is 0.194 e. The summed E-state index contributed by atoms with van der Waals surface area (Å²) in [6.45, 7) is 15.7. The molecule has 0 unspecified atom stereocenters. The number of likely N-dealkylation sites (tertiary alicyclic amines) is 1. The SMILES string of the molecule is C=C(Br)CN=C(NCC)N1CCC(OC(C)(C)C)CC1.I. The van der Waals surface area contributed by atoms with Crippen LogP contribution in [0.5, 0.6) is 0 Å². The third-order valence-corrected chi connectivity index (χ3v) is 3.25. The third kappa shape index (κ3) is 9.03. The number of hydrogen-bond acceptors (Lipinski definition) is 2. The van der Waals surface area contributed by atoms with Gasteiger partial charge in [0.2, 0.25) is 0 Å². The first-order valence-corrected chi connectivity index (χ1v) is 8.15. The van der Waals surface area contributed by atoms with Crippen LogP contribution < -0.4 is 5.32 Å². The van der Waals surface area contributed by atoms with E-state index in [0.717, 1.165) is 42.9 Å². The molecular formula is C15H29BrIN3O. The van der Waals surface area contributed by atoms with Crippen LogP contribution >= 0.6 is 39.9 Å². The quantitative estimate of drug-likeness (QED) is 0.383. The fourth-order valence-electron chi connectivity index (χ4n) is 2.27. The molecule has 0 aliphatic carbocycles. The van der Waals surface area contributed by atoms with Crippen molar-refractivity contribution in [3.05, 3.63) is 11.1 Å². The number of halogens is 2. The lowest BCUT2D eigenvalue weighted by molar-refractivity contribution is -0.0772. The second kappa shape index (κ2) is 10.0. The first-order valence-electron chi connectivity index (χ1n) is 7.36. The van der Waals surface area contributed by atoms with Gasteiger partial charge in [-0.05, 0) is 40.5 Å². The molecule has 1 aliphatic heterocycles. The summed E-state index contributed by atoms with van der Waals surface area (Å²) in [4.78, 5) is 6.89. The van der Waals surface area contributed by atoms with Gasteiger partial charge in [-0.25, -0.2) is 4.99 Å². The predicted molar refractivity (Wildman–Crippen MR) is 105 cm³/mol. The van der Waals surface area contributed by atoms with E-state index in [0.29, 0.717) is 12.6 Å². The Bertz CT molecular complexity index is 347. The Labute approximate surface area is 154 Å². The van der Waals surface area contributed by atoms with Gasteiger partial charge < -0.3 is 15.0 Å². The molecule has 0 spiro atoms. The van der Waals surface area contributed by atoms with Crippen LogP contribution in [0.1, 0.15) is 40.5 Å². The number of nitrogens with one attached hydrogen (secondary N) is 1. The first kappa shape index (κ1) is 21.2. The number of nitrogens with zero attached hydrogens (tertiary/aromatic N) is 2. The van der Waals surface area contributed by atoms with E-state index in [1.54, 1.807) is 0 Å². The van der Waals surface area contributed by atoms with E-state index in [9.17, 15) is 0 Å². The van der Waals surface area contributed by atoms with Gasteiger partial charge in [-0.2, -0.15) is 0 Å². The van der Waals surface area contributed by atoms with E-state index < -0.39 is 0 Å². The molecular weight excluding hydrogens is 445 g/mol. The summed E-state index contributed by atoms with van der Waals surface area (Å²) in [5, 5.41) is 3.34. The zero-order valence-electron chi connectivity index (χ0n) is 13.6. The first-order chi connectivity index (χ1) is 9.31. The molecule has 21 heavy (non-hydrogen) atoms. The van der Waals surface area contributed by atoms with Gasteiger partial charge in [0.1, 0.15) is 0 Å². The van der Waals surface area contributed by atoms with Crippen molar-refractivity contribution in [2.24, 2.45) is 4.99 Å². The molecule has 1 saturated heterocycles. The zero-order chi connectivity index (χ0) is 15.2. The monoisotopic (exact) mass is 473 g/mol. The van der Waals surface area contributed by atoms with Crippen molar-refractivity contribution in [2.75, 3.05) is 26.2 Å². The molecule has 0 bridgehead atoms. The molecule has 1 rings (SSSR count). The standard InChI is InChI=1S/C15H28BrN3O.HI/c1-6-17-14(18-11-12(2)16)19-9-7-13(8-10-19)20-15(3,4)5;/h13H,2,6-11H2,1,3-5H3,(H,17,18);1H. The van der Waals surface area contributed by atoms with Gasteiger partial charge in [0.25, 0.3) is 0 Å². The van der Waals surface area contributed by atoms with Crippen LogP contribution in [0.3, 0.4) is 0 Å². The van der Waals surface area contributed by atoms with Crippen molar-refractivity contribution in [3.63, 3.8) is 0 Å². The van der Waals surface area contributed by atoms with Crippen LogP contribution in [0, 0.1) is 0 Å². The van der Waals surface area contributed by atoms with Gasteiger partial charge in [-0.1, -0.05) is 22.5 Å². The number of ether oxygens (including phenoxy) is 1. The van der Waals surface area contributed by atoms with Gasteiger partial charge in [0.05, 0.1) is 18.2 Å². The van der Waals surface area contributed by atoms with Crippen LogP contribution in [0.4, 0.5) is 0 Å². The summed E-state index contributed by atoms with van der Waals surface area (Å²) in [6.07, 6.45) is 2.47. The highest BCUT2D eigenvalue weighted by Gasteiger charge is 2.25. The molecule has 0 aromatic rings. The molecule has 1 aliphatic rings. The molecule has 0 aromatic heterocycles. The van der Waals surface area contributed by atoms with E-state index in [1.165, 1.54) is 0 Å². The molecule has 124 valence electrons. The lowest BCUT2D eigenvalue weighted by Crippen LogP contribution is -2.48. The molecule has 0 radical (unpaired) electrons. The second-order valence-electron chi connectivity index (χ2n) is 6.10. The number of hydrogen-bond donors (Lipinski definition) is 1. The van der Waals surface area contributed by atoms with Crippen LogP contribution in [0.2, 0.25) is 0 Å². The second-order valence-corrected chi connectivity index (χ2v) is 7.23. The summed E-state index contributed by atoms with van der Waals surface area (Å²) in [6, 6.07) is 0. The molecule has 1 fully saturated rings. The predicted octanol–water partition coefficient (Wildman–Crippen LogP) is 3.76. The Kier molecular flexibility index (Phi) is 10.1. The fraction of sp³-hybridized carbons (Fsp3) is 0.800. The van der Waals surface area contributed by atoms with E-state index >= 15 is 0 Å². The largest absolute Gasteiger partial charge is 0.372 e. The van der Waals surface area contributed by atoms with E-state index in [4.69, 9.17) is 4.74 Å². The third-order valence-electron chi connectivity index (χ3n) is 3.00. The van der Waals surface area contributed by atoms with Crippen LogP contribution in [0.15, 0.2) is 16.1 Å². The lowest BCUT2D eigenvalue weighted by atomic mass is 10.1. The highest BCUT2D eigenvalue weighted by molar-refractivity contribution is 14.0. The minimum Gasteiger partial charge on any atom is -0.372 e. The van der Waals surface area contributed by atoms with Crippen molar-refractivity contribution in [3.8, 4) is 0 Å². The number of rotatable bonds is 4. The number of guanidine groups is 1. The number of aliphatic imine (C=N–C) groups is 1. The zero-order valence-corrected chi connectivity index (χ0v) is 17.5. The summed E-state index contributed by atoms with van der Waals surface area (Å²) in [5.74, 6) is 0.974. The summed E-state index contributed by atoms with van der Waals surface area (Å²) in [7, 11) is 0. The molecule has 0 atom stereocenters. The smallest absolute Gasteiger partial charge is 0.194 e. The molecule has 1 heterocycles. The van der Waals surface area contributed by atoms with Crippen LogP contribution in [0.25, 0.3) is 0 Å². The van der Waals surface area contributed by atoms with Gasteiger partial charge in [-0.3, -0.25) is 0 Å². The van der Waals surface area contributed by atoms with E-state index in [1.807, 2.05) is 0 Å². The fourth-order valence-corrected chi connectivity index (χ4v) is 2.40. The van der Waals surface area contributed by atoms with E-state index in [2.05, 4.69) is 65.4 Å². The van der Waals surface area contributed by atoms with Gasteiger partial charge in [0, 0.05) is 24.1 Å². The van der Waals surface area contributed by atoms with Crippen molar-refractivity contribution < 1.29 is 4.74 Å². The highest BCUT2D eigenvalue weighted by Crippen LogP contribution is 2.20. The lowest BCUT2D eigenvalue weighted by Gasteiger charge is -2.37. The summed E-state index contributed by atoms with van der Waals surface area (Å²) < 4.78 is 6.96. The molecule has 4 nitrogen and oxygen atoms in total. The molecule has 0 amide bonds.